The monoisotopic (exact) mass is 202 g/mol. The molecule has 2 nitrogen and oxygen atoms in total. The summed E-state index contributed by atoms with van der Waals surface area (Å²) in [6, 6.07) is 7.93. The van der Waals surface area contributed by atoms with Crippen LogP contribution in [0.5, 0.6) is 5.75 Å². The van der Waals surface area contributed by atoms with Crippen LogP contribution in [0.3, 0.4) is 0 Å². The van der Waals surface area contributed by atoms with Gasteiger partial charge in [-0.05, 0) is 30.2 Å². The molecule has 0 unspecified atom stereocenters. The number of aliphatic hydroxyl groups is 1. The molecule has 1 aliphatic heterocycles. The fourth-order valence-corrected chi connectivity index (χ4v) is 1.60. The third-order valence-corrected chi connectivity index (χ3v) is 2.33. The smallest absolute Gasteiger partial charge is 0.127 e. The van der Waals surface area contributed by atoms with E-state index in [1.54, 1.807) is 0 Å². The van der Waals surface area contributed by atoms with E-state index < -0.39 is 0 Å². The highest BCUT2D eigenvalue weighted by Crippen LogP contribution is 2.23. The van der Waals surface area contributed by atoms with Crippen molar-refractivity contribution in [2.24, 2.45) is 0 Å². The van der Waals surface area contributed by atoms with Gasteiger partial charge >= 0.3 is 0 Å². The van der Waals surface area contributed by atoms with Gasteiger partial charge in [0.15, 0.2) is 0 Å². The highest BCUT2D eigenvalue weighted by molar-refractivity contribution is 5.62. The van der Waals surface area contributed by atoms with Gasteiger partial charge in [-0.15, -0.1) is 0 Å². The summed E-state index contributed by atoms with van der Waals surface area (Å²) in [6.45, 7) is 0.763. The summed E-state index contributed by atoms with van der Waals surface area (Å²) in [5, 5.41) is 8.92. The van der Waals surface area contributed by atoms with E-state index in [0.29, 0.717) is 13.0 Å². The first-order valence-electron chi connectivity index (χ1n) is 5.10. The molecule has 0 fully saturated rings. The van der Waals surface area contributed by atoms with E-state index in [4.69, 9.17) is 9.84 Å². The van der Waals surface area contributed by atoms with E-state index >= 15 is 0 Å². The average Bonchev–Trinajstić information content (AvgIpc) is 2.22. The van der Waals surface area contributed by atoms with Gasteiger partial charge in [-0.1, -0.05) is 24.3 Å². The number of hydrogen-bond acceptors (Lipinski definition) is 2. The molecular formula is C13H14O2. The largest absolute Gasteiger partial charge is 0.489 e. The zero-order valence-electron chi connectivity index (χ0n) is 8.52. The van der Waals surface area contributed by atoms with Crippen LogP contribution in [-0.2, 0) is 0 Å². The normalized spacial score (nSPS) is 14.6. The van der Waals surface area contributed by atoms with Gasteiger partial charge in [-0.25, -0.2) is 0 Å². The van der Waals surface area contributed by atoms with Crippen LogP contribution in [0.2, 0.25) is 0 Å². The molecule has 78 valence electrons. The predicted octanol–water partition coefficient (Wildman–Crippen LogP) is 2.40. The third-order valence-electron chi connectivity index (χ3n) is 2.33. The van der Waals surface area contributed by atoms with E-state index in [1.807, 2.05) is 36.4 Å². The predicted molar refractivity (Wildman–Crippen MR) is 60.8 cm³/mol. The maximum atomic E-state index is 8.92. The third kappa shape index (κ3) is 2.48. The summed E-state index contributed by atoms with van der Waals surface area (Å²) in [5.74, 6) is 0.900. The molecule has 0 saturated heterocycles. The van der Waals surface area contributed by atoms with Gasteiger partial charge in [0.1, 0.15) is 12.4 Å². The molecule has 0 amide bonds. The molecule has 0 aliphatic carbocycles. The maximum absolute atomic E-state index is 8.92. The van der Waals surface area contributed by atoms with Crippen LogP contribution >= 0.6 is 0 Å². The lowest BCUT2D eigenvalue weighted by Gasteiger charge is -2.11. The van der Waals surface area contributed by atoms with Gasteiger partial charge in [0, 0.05) is 12.2 Å². The highest BCUT2D eigenvalue weighted by Gasteiger charge is 2.03. The molecule has 0 saturated carbocycles. The molecule has 1 aromatic carbocycles. The van der Waals surface area contributed by atoms with Crippen LogP contribution < -0.4 is 4.74 Å². The lowest BCUT2D eigenvalue weighted by molar-refractivity contribution is 0.300. The number of benzene rings is 1. The van der Waals surface area contributed by atoms with Crippen molar-refractivity contribution >= 4 is 6.08 Å². The molecule has 0 radical (unpaired) electrons. The lowest BCUT2D eigenvalue weighted by Crippen LogP contribution is -1.98. The topological polar surface area (TPSA) is 29.5 Å². The minimum atomic E-state index is 0.180. The Morgan fingerprint density at radius 1 is 1.27 bits per heavy atom. The molecule has 15 heavy (non-hydrogen) atoms. The van der Waals surface area contributed by atoms with E-state index in [2.05, 4.69) is 6.08 Å². The number of para-hydroxylation sites is 1. The standard InChI is InChI=1S/C13H14O2/c14-8-7-11-4-3-9-15-13-6-2-1-5-12(13)10-11/h1-6,10,14H,7-9H2. The van der Waals surface area contributed by atoms with Crippen molar-refractivity contribution in [1.29, 1.82) is 0 Å². The van der Waals surface area contributed by atoms with Crippen molar-refractivity contribution in [3.8, 4) is 5.75 Å². The molecule has 0 spiro atoms. The first-order chi connectivity index (χ1) is 7.40. The number of aliphatic hydroxyl groups excluding tert-OH is 1. The Labute approximate surface area is 89.5 Å². The number of rotatable bonds is 2. The van der Waals surface area contributed by atoms with Crippen molar-refractivity contribution in [1.82, 2.24) is 0 Å². The summed E-state index contributed by atoms with van der Waals surface area (Å²) < 4.78 is 5.56. The lowest BCUT2D eigenvalue weighted by atomic mass is 10.1. The van der Waals surface area contributed by atoms with E-state index in [-0.39, 0.29) is 6.61 Å². The Morgan fingerprint density at radius 3 is 3.00 bits per heavy atom. The Kier molecular flexibility index (Phi) is 3.20. The van der Waals surface area contributed by atoms with Crippen molar-refractivity contribution in [2.45, 2.75) is 6.42 Å². The Balaban J connectivity index is 2.36. The van der Waals surface area contributed by atoms with Gasteiger partial charge in [0.2, 0.25) is 0 Å². The molecule has 2 heteroatoms. The van der Waals surface area contributed by atoms with Gasteiger partial charge in [-0.2, -0.15) is 0 Å². The molecule has 0 bridgehead atoms. The van der Waals surface area contributed by atoms with E-state index in [0.717, 1.165) is 16.9 Å². The first-order valence-corrected chi connectivity index (χ1v) is 5.10. The SMILES string of the molecule is OCCC1=Cc2ccccc2OCC=C1. The van der Waals surface area contributed by atoms with Crippen LogP contribution in [0.4, 0.5) is 0 Å². The van der Waals surface area contributed by atoms with E-state index in [9.17, 15) is 0 Å². The number of fused-ring (bicyclic) bond motifs is 1. The molecule has 0 aromatic heterocycles. The molecule has 1 aliphatic rings. The summed E-state index contributed by atoms with van der Waals surface area (Å²) in [4.78, 5) is 0. The molecule has 1 aromatic rings. The summed E-state index contributed by atoms with van der Waals surface area (Å²) in [6.07, 6.45) is 6.72. The second-order valence-corrected chi connectivity index (χ2v) is 3.44. The fraction of sp³-hybridized carbons (Fsp3) is 0.231. The van der Waals surface area contributed by atoms with Crippen LogP contribution in [0.1, 0.15) is 12.0 Å². The second kappa shape index (κ2) is 4.80. The van der Waals surface area contributed by atoms with Gasteiger partial charge in [-0.3, -0.25) is 0 Å². The van der Waals surface area contributed by atoms with Crippen molar-refractivity contribution in [2.75, 3.05) is 13.2 Å². The van der Waals surface area contributed by atoms with Crippen LogP contribution in [-0.4, -0.2) is 18.3 Å². The van der Waals surface area contributed by atoms with Crippen molar-refractivity contribution in [3.05, 3.63) is 47.6 Å². The number of hydrogen-bond donors (Lipinski definition) is 1. The molecule has 2 rings (SSSR count). The van der Waals surface area contributed by atoms with Gasteiger partial charge in [0.05, 0.1) is 0 Å². The Bertz CT molecular complexity index is 391. The van der Waals surface area contributed by atoms with Crippen LogP contribution in [0.15, 0.2) is 42.0 Å². The van der Waals surface area contributed by atoms with Crippen LogP contribution in [0.25, 0.3) is 6.08 Å². The van der Waals surface area contributed by atoms with Crippen molar-refractivity contribution in [3.63, 3.8) is 0 Å². The number of ether oxygens (including phenoxy) is 1. The quantitative estimate of drug-likeness (QED) is 0.798. The zero-order valence-corrected chi connectivity index (χ0v) is 8.52. The molecule has 1 heterocycles. The minimum absolute atomic E-state index is 0.180. The van der Waals surface area contributed by atoms with Gasteiger partial charge in [0.25, 0.3) is 0 Å². The first kappa shape index (κ1) is 9.99. The number of allylic oxidation sites excluding steroid dienone is 1. The van der Waals surface area contributed by atoms with Crippen molar-refractivity contribution < 1.29 is 9.84 Å². The highest BCUT2D eigenvalue weighted by atomic mass is 16.5. The minimum Gasteiger partial charge on any atom is -0.489 e. The van der Waals surface area contributed by atoms with E-state index in [1.165, 1.54) is 0 Å². The molecule has 1 N–H and O–H groups in total. The zero-order chi connectivity index (χ0) is 10.5. The fourth-order valence-electron chi connectivity index (χ4n) is 1.60. The summed E-state index contributed by atoms with van der Waals surface area (Å²) >= 11 is 0. The second-order valence-electron chi connectivity index (χ2n) is 3.44. The Morgan fingerprint density at radius 2 is 2.13 bits per heavy atom. The Hall–Kier alpha value is -1.54. The molecule has 0 atom stereocenters. The van der Waals surface area contributed by atoms with Gasteiger partial charge < -0.3 is 9.84 Å². The summed E-state index contributed by atoms with van der Waals surface area (Å²) in [7, 11) is 0. The maximum Gasteiger partial charge on any atom is 0.127 e. The summed E-state index contributed by atoms with van der Waals surface area (Å²) in [5.41, 5.74) is 2.21. The molecular weight excluding hydrogens is 188 g/mol. The van der Waals surface area contributed by atoms with Crippen LogP contribution in [0, 0.1) is 0 Å². The average molecular weight is 202 g/mol.